The molecule has 0 spiro atoms. The van der Waals surface area contributed by atoms with Crippen LogP contribution in [0, 0.1) is 12.3 Å². The zero-order valence-electron chi connectivity index (χ0n) is 21.0. The minimum Gasteiger partial charge on any atom is -0.487 e. The quantitative estimate of drug-likeness (QED) is 0.236. The molecule has 0 saturated carbocycles. The van der Waals surface area contributed by atoms with Crippen LogP contribution >= 0.6 is 0 Å². The van der Waals surface area contributed by atoms with Crippen LogP contribution in [-0.4, -0.2) is 30.7 Å². The van der Waals surface area contributed by atoms with E-state index in [4.69, 9.17) is 10.5 Å². The fourth-order valence-electron chi connectivity index (χ4n) is 3.16. The van der Waals surface area contributed by atoms with Crippen molar-refractivity contribution < 1.29 is 36.3 Å². The smallest absolute Gasteiger partial charge is 0.418 e. The van der Waals surface area contributed by atoms with Crippen molar-refractivity contribution in [3.63, 3.8) is 0 Å². The normalized spacial score (nSPS) is 12.5. The number of nitrogens with two attached hydrogens (primary N) is 1. The average molecular weight is 529 g/mol. The number of alkyl halides is 5. The second kappa shape index (κ2) is 11.6. The summed E-state index contributed by atoms with van der Waals surface area (Å²) in [4.78, 5) is 28.2. The first-order valence-corrected chi connectivity index (χ1v) is 11.1. The van der Waals surface area contributed by atoms with Crippen LogP contribution < -0.4 is 21.1 Å². The van der Waals surface area contributed by atoms with Gasteiger partial charge in [-0.15, -0.1) is 0 Å². The Morgan fingerprint density at radius 2 is 1.76 bits per heavy atom. The number of hydrogen-bond donors (Lipinski definition) is 3. The SMILES string of the molecule is CC(=Nc1cc(C(N)=O)c(OCC(F)F)cc1C)Nc1cc(CNC(=O)C(C)(C)C)ccc1C(F)(F)F. The van der Waals surface area contributed by atoms with E-state index < -0.39 is 36.1 Å². The number of amides is 2. The number of rotatable bonds is 8. The van der Waals surface area contributed by atoms with Crippen LogP contribution in [0.5, 0.6) is 5.75 Å². The van der Waals surface area contributed by atoms with Gasteiger partial charge >= 0.3 is 6.18 Å². The molecule has 2 aromatic rings. The summed E-state index contributed by atoms with van der Waals surface area (Å²) in [5.41, 5.74) is 4.22. The van der Waals surface area contributed by atoms with E-state index in [1.54, 1.807) is 27.7 Å². The van der Waals surface area contributed by atoms with Crippen molar-refractivity contribution in [2.24, 2.45) is 16.1 Å². The highest BCUT2D eigenvalue weighted by Crippen LogP contribution is 2.36. The largest absolute Gasteiger partial charge is 0.487 e. The maximum Gasteiger partial charge on any atom is 0.418 e. The molecule has 4 N–H and O–H groups in total. The van der Waals surface area contributed by atoms with E-state index in [9.17, 15) is 31.5 Å². The van der Waals surface area contributed by atoms with E-state index in [0.717, 1.165) is 6.07 Å². The van der Waals surface area contributed by atoms with Gasteiger partial charge in [-0.3, -0.25) is 9.59 Å². The van der Waals surface area contributed by atoms with Crippen molar-refractivity contribution in [1.82, 2.24) is 5.32 Å². The average Bonchev–Trinajstić information content (AvgIpc) is 2.75. The summed E-state index contributed by atoms with van der Waals surface area (Å²) in [6.45, 7) is 7.18. The van der Waals surface area contributed by atoms with Gasteiger partial charge in [-0.05, 0) is 49.2 Å². The maximum absolute atomic E-state index is 13.6. The molecule has 0 aliphatic heterocycles. The molecule has 2 aromatic carbocycles. The lowest BCUT2D eigenvalue weighted by molar-refractivity contribution is -0.137. The van der Waals surface area contributed by atoms with Gasteiger partial charge in [0.1, 0.15) is 18.2 Å². The zero-order chi connectivity index (χ0) is 28.1. The molecule has 0 heterocycles. The first kappa shape index (κ1) is 29.5. The van der Waals surface area contributed by atoms with Crippen molar-refractivity contribution in [2.75, 3.05) is 11.9 Å². The predicted molar refractivity (Wildman–Crippen MR) is 130 cm³/mol. The summed E-state index contributed by atoms with van der Waals surface area (Å²) < 4.78 is 70.9. The summed E-state index contributed by atoms with van der Waals surface area (Å²) in [7, 11) is 0. The van der Waals surface area contributed by atoms with E-state index in [1.807, 2.05) is 0 Å². The molecule has 0 radical (unpaired) electrons. The molecule has 0 aliphatic rings. The van der Waals surface area contributed by atoms with Gasteiger partial charge in [0.15, 0.2) is 0 Å². The third-order valence-corrected chi connectivity index (χ3v) is 5.06. The van der Waals surface area contributed by atoms with Gasteiger partial charge in [0.2, 0.25) is 5.91 Å². The first-order valence-electron chi connectivity index (χ1n) is 11.1. The number of halogens is 5. The molecule has 0 bridgehead atoms. The van der Waals surface area contributed by atoms with Crippen LogP contribution in [0.4, 0.5) is 33.3 Å². The number of anilines is 1. The van der Waals surface area contributed by atoms with Crippen LogP contribution in [0.15, 0.2) is 35.3 Å². The van der Waals surface area contributed by atoms with Gasteiger partial charge in [0.25, 0.3) is 12.3 Å². The molecule has 7 nitrogen and oxygen atoms in total. The summed E-state index contributed by atoms with van der Waals surface area (Å²) in [5, 5.41) is 5.31. The van der Waals surface area contributed by atoms with Crippen molar-refractivity contribution in [3.8, 4) is 5.75 Å². The number of nitrogens with zero attached hydrogens (tertiary/aromatic N) is 1. The number of aryl methyl sites for hydroxylation is 1. The number of ether oxygens (including phenoxy) is 1. The second-order valence-electron chi connectivity index (χ2n) is 9.33. The van der Waals surface area contributed by atoms with Crippen LogP contribution in [0.3, 0.4) is 0 Å². The number of aliphatic imine (C=N–C) groups is 1. The third-order valence-electron chi connectivity index (χ3n) is 5.06. The topological polar surface area (TPSA) is 106 Å². The van der Waals surface area contributed by atoms with Gasteiger partial charge in [-0.1, -0.05) is 26.8 Å². The Morgan fingerprint density at radius 3 is 2.30 bits per heavy atom. The van der Waals surface area contributed by atoms with E-state index in [-0.39, 0.29) is 41.0 Å². The van der Waals surface area contributed by atoms with Crippen molar-refractivity contribution >= 4 is 29.0 Å². The number of primary amides is 1. The second-order valence-corrected chi connectivity index (χ2v) is 9.33. The molecule has 2 amide bonds. The van der Waals surface area contributed by atoms with E-state index in [2.05, 4.69) is 15.6 Å². The minimum absolute atomic E-state index is 0.0142. The van der Waals surface area contributed by atoms with Crippen LogP contribution in [0.1, 0.15) is 54.7 Å². The molecule has 2 rings (SSSR count). The van der Waals surface area contributed by atoms with Gasteiger partial charge in [0.05, 0.1) is 22.5 Å². The Morgan fingerprint density at radius 1 is 1.11 bits per heavy atom. The van der Waals surface area contributed by atoms with Gasteiger partial charge in [0, 0.05) is 12.0 Å². The van der Waals surface area contributed by atoms with Gasteiger partial charge in [-0.2, -0.15) is 13.2 Å². The third kappa shape index (κ3) is 8.43. The Hall–Kier alpha value is -3.70. The summed E-state index contributed by atoms with van der Waals surface area (Å²) in [6.07, 6.45) is -7.44. The first-order chi connectivity index (χ1) is 17.0. The molecular formula is C25H29F5N4O3. The van der Waals surface area contributed by atoms with Crippen molar-refractivity contribution in [3.05, 3.63) is 52.6 Å². The highest BCUT2D eigenvalue weighted by atomic mass is 19.4. The Labute approximate surface area is 211 Å². The van der Waals surface area contributed by atoms with E-state index in [1.165, 1.54) is 31.2 Å². The number of amidine groups is 1. The fraction of sp³-hybridized carbons (Fsp3) is 0.400. The molecule has 0 saturated heterocycles. The molecule has 0 aliphatic carbocycles. The molecule has 12 heteroatoms. The Balaban J connectivity index is 2.39. The van der Waals surface area contributed by atoms with Crippen LogP contribution in [0.2, 0.25) is 0 Å². The summed E-state index contributed by atoms with van der Waals surface area (Å²) in [6, 6.07) is 5.94. The van der Waals surface area contributed by atoms with Gasteiger partial charge in [-0.25, -0.2) is 13.8 Å². The molecule has 0 unspecified atom stereocenters. The van der Waals surface area contributed by atoms with Gasteiger partial charge < -0.3 is 21.1 Å². The highest BCUT2D eigenvalue weighted by molar-refractivity contribution is 5.99. The van der Waals surface area contributed by atoms with Crippen molar-refractivity contribution in [1.29, 1.82) is 0 Å². The Kier molecular flexibility index (Phi) is 9.23. The van der Waals surface area contributed by atoms with Crippen LogP contribution in [-0.2, 0) is 17.5 Å². The predicted octanol–water partition coefficient (Wildman–Crippen LogP) is 5.58. The lowest BCUT2D eigenvalue weighted by Crippen LogP contribution is -2.34. The molecule has 0 fully saturated rings. The Bertz CT molecular complexity index is 1190. The summed E-state index contributed by atoms with van der Waals surface area (Å²) in [5.74, 6) is -1.32. The number of carbonyl (C=O) groups is 2. The summed E-state index contributed by atoms with van der Waals surface area (Å²) >= 11 is 0. The lowest BCUT2D eigenvalue weighted by atomic mass is 9.95. The molecule has 0 atom stereocenters. The maximum atomic E-state index is 13.6. The lowest BCUT2D eigenvalue weighted by Gasteiger charge is -2.19. The fourth-order valence-corrected chi connectivity index (χ4v) is 3.16. The minimum atomic E-state index is -4.67. The highest BCUT2D eigenvalue weighted by Gasteiger charge is 2.34. The monoisotopic (exact) mass is 528 g/mol. The molecular weight excluding hydrogens is 499 g/mol. The van der Waals surface area contributed by atoms with Crippen LogP contribution in [0.25, 0.3) is 0 Å². The van der Waals surface area contributed by atoms with E-state index in [0.29, 0.717) is 11.1 Å². The molecule has 37 heavy (non-hydrogen) atoms. The molecule has 0 aromatic heterocycles. The zero-order valence-corrected chi connectivity index (χ0v) is 21.0. The number of nitrogens with one attached hydrogen (secondary N) is 2. The number of carbonyl (C=O) groups excluding carboxylic acids is 2. The number of hydrogen-bond acceptors (Lipinski definition) is 4. The molecule has 202 valence electrons. The van der Waals surface area contributed by atoms with Crippen molar-refractivity contribution in [2.45, 2.75) is 53.8 Å². The van der Waals surface area contributed by atoms with E-state index >= 15 is 0 Å². The standard InChI is InChI=1S/C25H29F5N4O3/c1-13-8-20(37-12-21(26)27)16(22(31)35)10-18(13)33-14(2)34-19-9-15(6-7-17(19)25(28,29)30)11-32-23(36)24(3,4)5/h6-10,21H,11-12H2,1-5H3,(H2,31,35)(H,32,36)(H,33,34). The number of benzene rings is 2.